The maximum Gasteiger partial charge on any atom is 0.410 e. The number of carbonyl (C=O) groups is 2. The van der Waals surface area contributed by atoms with E-state index in [0.29, 0.717) is 26.2 Å². The highest BCUT2D eigenvalue weighted by atomic mass is 32.1. The standard InChI is InChI=1S/C15H23N3O3S/c1-3-21-15(20)18-8-6-17(7-9-18)11-14(19)16-12(2)13-5-4-10-22-13/h4-5,10,12H,3,6-9,11H2,1-2H3,(H,16,19)/p+1/t12-/m0/s1. The lowest BCUT2D eigenvalue weighted by molar-refractivity contribution is -0.896. The van der Waals surface area contributed by atoms with E-state index in [1.54, 1.807) is 23.2 Å². The van der Waals surface area contributed by atoms with Crippen molar-refractivity contribution in [3.63, 3.8) is 0 Å². The third-order valence-electron chi connectivity index (χ3n) is 3.75. The van der Waals surface area contributed by atoms with Gasteiger partial charge in [0.2, 0.25) is 0 Å². The first-order valence-corrected chi connectivity index (χ1v) is 8.56. The van der Waals surface area contributed by atoms with Crippen LogP contribution < -0.4 is 10.2 Å². The van der Waals surface area contributed by atoms with Gasteiger partial charge in [-0.3, -0.25) is 9.69 Å². The van der Waals surface area contributed by atoms with Gasteiger partial charge in [-0.05, 0) is 25.3 Å². The first-order chi connectivity index (χ1) is 10.6. The Morgan fingerprint density at radius 1 is 1.45 bits per heavy atom. The first kappa shape index (κ1) is 16.8. The van der Waals surface area contributed by atoms with Gasteiger partial charge in [-0.1, -0.05) is 6.07 Å². The summed E-state index contributed by atoms with van der Waals surface area (Å²) >= 11 is 1.65. The van der Waals surface area contributed by atoms with Crippen LogP contribution in [0.15, 0.2) is 17.5 Å². The van der Waals surface area contributed by atoms with Crippen molar-refractivity contribution in [2.24, 2.45) is 0 Å². The first-order valence-electron chi connectivity index (χ1n) is 7.68. The fourth-order valence-electron chi connectivity index (χ4n) is 2.53. The Labute approximate surface area is 135 Å². The molecule has 7 heteroatoms. The van der Waals surface area contributed by atoms with Gasteiger partial charge in [0.15, 0.2) is 6.54 Å². The Balaban J connectivity index is 1.71. The van der Waals surface area contributed by atoms with Gasteiger partial charge < -0.3 is 15.0 Å². The molecule has 2 N–H and O–H groups in total. The molecule has 0 aromatic carbocycles. The summed E-state index contributed by atoms with van der Waals surface area (Å²) in [5.74, 6) is 0.0560. The molecule has 1 aromatic heterocycles. The topological polar surface area (TPSA) is 63.1 Å². The van der Waals surface area contributed by atoms with Crippen LogP contribution in [-0.4, -0.2) is 56.2 Å². The number of piperazine rings is 1. The van der Waals surface area contributed by atoms with E-state index in [1.165, 1.54) is 4.90 Å². The average molecular weight is 326 g/mol. The second-order valence-electron chi connectivity index (χ2n) is 5.42. The Kier molecular flexibility index (Phi) is 6.21. The Hall–Kier alpha value is -1.60. The number of carbonyl (C=O) groups excluding carboxylic acids is 2. The zero-order valence-corrected chi connectivity index (χ0v) is 13.9. The zero-order valence-electron chi connectivity index (χ0n) is 13.1. The van der Waals surface area contributed by atoms with Gasteiger partial charge in [0, 0.05) is 4.88 Å². The number of quaternary nitrogens is 1. The zero-order chi connectivity index (χ0) is 15.9. The number of rotatable bonds is 5. The maximum atomic E-state index is 12.1. The van der Waals surface area contributed by atoms with Gasteiger partial charge in [0.25, 0.3) is 5.91 Å². The SMILES string of the molecule is CCOC(=O)N1CC[NH+](CC(=O)N[C@@H](C)c2cccs2)CC1. The molecule has 0 saturated carbocycles. The lowest BCUT2D eigenvalue weighted by Gasteiger charge is -2.31. The van der Waals surface area contributed by atoms with Crippen molar-refractivity contribution in [3.05, 3.63) is 22.4 Å². The molecule has 0 aliphatic carbocycles. The van der Waals surface area contributed by atoms with Crippen LogP contribution in [0.2, 0.25) is 0 Å². The lowest BCUT2D eigenvalue weighted by atomic mass is 10.2. The minimum Gasteiger partial charge on any atom is -0.450 e. The molecule has 2 amide bonds. The molecule has 22 heavy (non-hydrogen) atoms. The van der Waals surface area contributed by atoms with E-state index in [2.05, 4.69) is 5.32 Å². The highest BCUT2D eigenvalue weighted by Crippen LogP contribution is 2.17. The van der Waals surface area contributed by atoms with Gasteiger partial charge in [0.1, 0.15) is 0 Å². The van der Waals surface area contributed by atoms with Gasteiger partial charge in [-0.25, -0.2) is 4.79 Å². The highest BCUT2D eigenvalue weighted by Gasteiger charge is 2.26. The summed E-state index contributed by atoms with van der Waals surface area (Å²) in [5, 5.41) is 5.04. The number of nitrogens with one attached hydrogen (secondary N) is 2. The summed E-state index contributed by atoms with van der Waals surface area (Å²) in [7, 11) is 0. The molecule has 0 spiro atoms. The molecule has 2 rings (SSSR count). The van der Waals surface area contributed by atoms with E-state index < -0.39 is 0 Å². The molecule has 1 aliphatic rings. The summed E-state index contributed by atoms with van der Waals surface area (Å²) in [6, 6.07) is 4.07. The second-order valence-corrected chi connectivity index (χ2v) is 6.40. The number of thiophene rings is 1. The Morgan fingerprint density at radius 3 is 2.77 bits per heavy atom. The van der Waals surface area contributed by atoms with Gasteiger partial charge in [-0.2, -0.15) is 0 Å². The van der Waals surface area contributed by atoms with E-state index >= 15 is 0 Å². The van der Waals surface area contributed by atoms with Crippen molar-refractivity contribution < 1.29 is 19.2 Å². The minimum absolute atomic E-state index is 0.0488. The number of hydrogen-bond acceptors (Lipinski definition) is 4. The molecule has 0 unspecified atom stereocenters. The smallest absolute Gasteiger partial charge is 0.410 e. The van der Waals surface area contributed by atoms with Crippen molar-refractivity contribution in [1.82, 2.24) is 10.2 Å². The van der Waals surface area contributed by atoms with Gasteiger partial charge >= 0.3 is 6.09 Å². The van der Waals surface area contributed by atoms with E-state index in [9.17, 15) is 9.59 Å². The number of nitrogens with zero attached hydrogens (tertiary/aromatic N) is 1. The molecule has 1 aliphatic heterocycles. The van der Waals surface area contributed by atoms with Crippen LogP contribution in [-0.2, 0) is 9.53 Å². The number of hydrogen-bond donors (Lipinski definition) is 2. The summed E-state index contributed by atoms with van der Waals surface area (Å²) < 4.78 is 4.99. The molecule has 6 nitrogen and oxygen atoms in total. The maximum absolute atomic E-state index is 12.1. The third kappa shape index (κ3) is 4.71. The third-order valence-corrected chi connectivity index (χ3v) is 4.81. The summed E-state index contributed by atoms with van der Waals surface area (Å²) in [6.07, 6.45) is -0.252. The fourth-order valence-corrected chi connectivity index (χ4v) is 3.26. The van der Waals surface area contributed by atoms with Crippen LogP contribution in [0.3, 0.4) is 0 Å². The molecule has 1 saturated heterocycles. The van der Waals surface area contributed by atoms with Crippen molar-refractivity contribution >= 4 is 23.3 Å². The summed E-state index contributed by atoms with van der Waals surface area (Å²) in [5.41, 5.74) is 0. The van der Waals surface area contributed by atoms with Crippen LogP contribution in [0.25, 0.3) is 0 Å². The predicted octanol–water partition coefficient (Wildman–Crippen LogP) is 0.282. The molecule has 2 heterocycles. The molecule has 0 radical (unpaired) electrons. The van der Waals surface area contributed by atoms with Crippen molar-refractivity contribution in [2.45, 2.75) is 19.9 Å². The summed E-state index contributed by atoms with van der Waals surface area (Å²) in [4.78, 5) is 27.8. The van der Waals surface area contributed by atoms with Crippen molar-refractivity contribution in [3.8, 4) is 0 Å². The molecule has 1 aromatic rings. The largest absolute Gasteiger partial charge is 0.450 e. The van der Waals surface area contributed by atoms with Crippen molar-refractivity contribution in [1.29, 1.82) is 0 Å². The number of ether oxygens (including phenoxy) is 1. The van der Waals surface area contributed by atoms with Gasteiger partial charge in [-0.15, -0.1) is 11.3 Å². The van der Waals surface area contributed by atoms with E-state index in [0.717, 1.165) is 18.0 Å². The molecule has 1 fully saturated rings. The van der Waals surface area contributed by atoms with E-state index in [4.69, 9.17) is 4.74 Å². The average Bonchev–Trinajstić information content (AvgIpc) is 3.02. The lowest BCUT2D eigenvalue weighted by Crippen LogP contribution is -3.15. The summed E-state index contributed by atoms with van der Waals surface area (Å²) in [6.45, 7) is 7.49. The van der Waals surface area contributed by atoms with Crippen molar-refractivity contribution in [2.75, 3.05) is 39.3 Å². The van der Waals surface area contributed by atoms with Crippen LogP contribution in [0, 0.1) is 0 Å². The van der Waals surface area contributed by atoms with Gasteiger partial charge in [0.05, 0.1) is 38.8 Å². The molecule has 0 bridgehead atoms. The highest BCUT2D eigenvalue weighted by molar-refractivity contribution is 7.10. The number of amides is 2. The fraction of sp³-hybridized carbons (Fsp3) is 0.600. The van der Waals surface area contributed by atoms with Crippen LogP contribution >= 0.6 is 11.3 Å². The van der Waals surface area contributed by atoms with Crippen LogP contribution in [0.4, 0.5) is 4.79 Å². The Bertz CT molecular complexity index is 484. The normalized spacial score (nSPS) is 17.1. The molecule has 1 atom stereocenters. The monoisotopic (exact) mass is 326 g/mol. The molecular weight excluding hydrogens is 302 g/mol. The van der Waals surface area contributed by atoms with E-state index in [1.807, 2.05) is 24.4 Å². The second kappa shape index (κ2) is 8.14. The minimum atomic E-state index is -0.252. The Morgan fingerprint density at radius 2 is 2.18 bits per heavy atom. The van der Waals surface area contributed by atoms with E-state index in [-0.39, 0.29) is 18.0 Å². The quantitative estimate of drug-likeness (QED) is 0.817. The predicted molar refractivity (Wildman–Crippen MR) is 85.0 cm³/mol. The van der Waals surface area contributed by atoms with Crippen LogP contribution in [0.5, 0.6) is 0 Å². The molecule has 122 valence electrons. The van der Waals surface area contributed by atoms with Crippen LogP contribution in [0.1, 0.15) is 24.8 Å². The molecular formula is C15H24N3O3S+.